The van der Waals surface area contributed by atoms with E-state index >= 15 is 0 Å². The number of rotatable bonds is 10. The molecule has 2 aromatic rings. The van der Waals surface area contributed by atoms with Crippen LogP contribution in [0.3, 0.4) is 0 Å². The molecule has 0 aromatic heterocycles. The quantitative estimate of drug-likeness (QED) is 0.473. The average molecular weight is 389 g/mol. The second-order valence-electron chi connectivity index (χ2n) is 5.77. The van der Waals surface area contributed by atoms with E-state index in [4.69, 9.17) is 14.6 Å². The van der Waals surface area contributed by atoms with Crippen LogP contribution in [0.4, 0.5) is 5.69 Å². The summed E-state index contributed by atoms with van der Waals surface area (Å²) in [5.74, 6) is -0.563. The van der Waals surface area contributed by atoms with Crippen molar-refractivity contribution in [1.82, 2.24) is 0 Å². The summed E-state index contributed by atoms with van der Waals surface area (Å²) in [6, 6.07) is 14.1. The van der Waals surface area contributed by atoms with Crippen molar-refractivity contribution >= 4 is 29.3 Å². The number of nitrogens with one attached hydrogen (secondary N) is 1. The van der Waals surface area contributed by atoms with Gasteiger partial charge in [0.1, 0.15) is 11.0 Å². The first-order valence-electron chi connectivity index (χ1n) is 8.53. The number of carboxylic acids is 1. The highest BCUT2D eigenvalue weighted by molar-refractivity contribution is 8.00. The van der Waals surface area contributed by atoms with Gasteiger partial charge < -0.3 is 19.9 Å². The zero-order valence-electron chi connectivity index (χ0n) is 15.3. The Labute approximate surface area is 162 Å². The van der Waals surface area contributed by atoms with Crippen molar-refractivity contribution in [3.63, 3.8) is 0 Å². The molecular weight excluding hydrogens is 366 g/mol. The largest absolute Gasteiger partial charge is 0.493 e. The lowest BCUT2D eigenvalue weighted by atomic mass is 10.2. The van der Waals surface area contributed by atoms with Crippen LogP contribution < -0.4 is 10.1 Å². The Morgan fingerprint density at radius 2 is 1.93 bits per heavy atom. The number of thioether (sulfide) groups is 1. The lowest BCUT2D eigenvalue weighted by Crippen LogP contribution is -2.15. The fraction of sp³-hybridized carbons (Fsp3) is 0.300. The molecule has 0 bridgehead atoms. The molecule has 0 aliphatic rings. The van der Waals surface area contributed by atoms with Crippen molar-refractivity contribution in [2.24, 2.45) is 0 Å². The Bertz CT molecular complexity index is 780. The molecule has 1 atom stereocenters. The molecule has 0 aliphatic carbocycles. The maximum atomic E-state index is 12.7. The molecular formula is C20H23NO5S. The van der Waals surface area contributed by atoms with E-state index in [0.717, 1.165) is 18.2 Å². The summed E-state index contributed by atoms with van der Waals surface area (Å²) in [4.78, 5) is 24.4. The molecule has 0 aliphatic heterocycles. The van der Waals surface area contributed by atoms with E-state index in [-0.39, 0.29) is 5.91 Å². The molecule has 7 heteroatoms. The zero-order valence-corrected chi connectivity index (χ0v) is 16.1. The average Bonchev–Trinajstić information content (AvgIpc) is 2.66. The maximum Gasteiger partial charge on any atom is 0.316 e. The van der Waals surface area contributed by atoms with Gasteiger partial charge >= 0.3 is 5.97 Å². The van der Waals surface area contributed by atoms with Crippen LogP contribution in [0.25, 0.3) is 0 Å². The van der Waals surface area contributed by atoms with Gasteiger partial charge in [-0.25, -0.2) is 0 Å². The number of anilines is 1. The van der Waals surface area contributed by atoms with Gasteiger partial charge in [0.2, 0.25) is 0 Å². The zero-order chi connectivity index (χ0) is 19.6. The van der Waals surface area contributed by atoms with Crippen LogP contribution in [0.2, 0.25) is 0 Å². The molecule has 2 aromatic carbocycles. The predicted octanol–water partition coefficient (Wildman–Crippen LogP) is 3.92. The number of carbonyl (C=O) groups is 2. The number of hydrogen-bond acceptors (Lipinski definition) is 5. The van der Waals surface area contributed by atoms with Crippen LogP contribution in [0, 0.1) is 0 Å². The number of amides is 1. The Hall–Kier alpha value is -2.51. The summed E-state index contributed by atoms with van der Waals surface area (Å²) in [5, 5.41) is 11.3. The Morgan fingerprint density at radius 3 is 2.67 bits per heavy atom. The Morgan fingerprint density at radius 1 is 1.15 bits per heavy atom. The predicted molar refractivity (Wildman–Crippen MR) is 106 cm³/mol. The molecule has 27 heavy (non-hydrogen) atoms. The summed E-state index contributed by atoms with van der Waals surface area (Å²) < 4.78 is 10.6. The summed E-state index contributed by atoms with van der Waals surface area (Å²) in [7, 11) is 1.64. The lowest BCUT2D eigenvalue weighted by molar-refractivity contribution is -0.136. The Balaban J connectivity index is 2.06. The highest BCUT2D eigenvalue weighted by Gasteiger charge is 2.18. The lowest BCUT2D eigenvalue weighted by Gasteiger charge is -2.12. The summed E-state index contributed by atoms with van der Waals surface area (Å²) in [6.07, 6.45) is 0.777. The first-order chi connectivity index (χ1) is 13.0. The molecule has 0 saturated carbocycles. The molecule has 6 nitrogen and oxygen atoms in total. The molecule has 1 unspecified atom stereocenters. The van der Waals surface area contributed by atoms with Crippen molar-refractivity contribution in [1.29, 1.82) is 0 Å². The Kier molecular flexibility index (Phi) is 8.16. The van der Waals surface area contributed by atoms with Gasteiger partial charge in [0.25, 0.3) is 5.91 Å². The molecule has 0 spiro atoms. The minimum absolute atomic E-state index is 0.299. The van der Waals surface area contributed by atoms with Crippen molar-refractivity contribution in [2.45, 2.75) is 23.5 Å². The second kappa shape index (κ2) is 10.6. The minimum atomic E-state index is -0.923. The van der Waals surface area contributed by atoms with Crippen molar-refractivity contribution < 1.29 is 24.2 Å². The molecule has 0 heterocycles. The van der Waals surface area contributed by atoms with Gasteiger partial charge in [0.05, 0.1) is 12.2 Å². The molecule has 0 radical (unpaired) electrons. The van der Waals surface area contributed by atoms with Crippen LogP contribution in [0.1, 0.15) is 23.7 Å². The normalized spacial score (nSPS) is 11.6. The van der Waals surface area contributed by atoms with Crippen molar-refractivity contribution in [3.8, 4) is 5.75 Å². The van der Waals surface area contributed by atoms with E-state index in [0.29, 0.717) is 35.1 Å². The monoisotopic (exact) mass is 389 g/mol. The first kappa shape index (κ1) is 20.8. The minimum Gasteiger partial charge on any atom is -0.493 e. The third-order valence-electron chi connectivity index (χ3n) is 3.64. The topological polar surface area (TPSA) is 84.9 Å². The van der Waals surface area contributed by atoms with Gasteiger partial charge in [-0.2, -0.15) is 0 Å². The van der Waals surface area contributed by atoms with Crippen molar-refractivity contribution in [2.75, 3.05) is 25.6 Å². The molecule has 2 rings (SSSR count). The second-order valence-corrected chi connectivity index (χ2v) is 7.15. The van der Waals surface area contributed by atoms with E-state index < -0.39 is 11.2 Å². The molecule has 0 saturated heterocycles. The van der Waals surface area contributed by atoms with Gasteiger partial charge in [-0.05, 0) is 31.2 Å². The number of methoxy groups -OCH3 is 1. The van der Waals surface area contributed by atoms with Gasteiger partial charge in [0.15, 0.2) is 0 Å². The van der Waals surface area contributed by atoms with E-state index in [1.54, 1.807) is 56.5 Å². The standard InChI is InChI=1S/C20H23NO5S/c1-14(20(23)24)27-18-10-4-3-9-17(18)19(22)21-15-7-5-8-16(13-15)26-12-6-11-25-2/h3-5,7-10,13-14H,6,11-12H2,1-2H3,(H,21,22)(H,23,24). The van der Waals surface area contributed by atoms with Gasteiger partial charge in [0, 0.05) is 36.8 Å². The van der Waals surface area contributed by atoms with E-state index in [1.165, 1.54) is 0 Å². The molecule has 144 valence electrons. The summed E-state index contributed by atoms with van der Waals surface area (Å²) >= 11 is 1.14. The van der Waals surface area contributed by atoms with Crippen LogP contribution in [0.5, 0.6) is 5.75 Å². The highest BCUT2D eigenvalue weighted by atomic mass is 32.2. The number of benzene rings is 2. The van der Waals surface area contributed by atoms with Gasteiger partial charge in [-0.1, -0.05) is 18.2 Å². The molecule has 2 N–H and O–H groups in total. The maximum absolute atomic E-state index is 12.7. The SMILES string of the molecule is COCCCOc1cccc(NC(=O)c2ccccc2SC(C)C(=O)O)c1. The number of carbonyl (C=O) groups excluding carboxylic acids is 1. The smallest absolute Gasteiger partial charge is 0.316 e. The third kappa shape index (κ3) is 6.62. The van der Waals surface area contributed by atoms with E-state index in [1.807, 2.05) is 6.07 Å². The number of ether oxygens (including phenoxy) is 2. The first-order valence-corrected chi connectivity index (χ1v) is 9.41. The van der Waals surface area contributed by atoms with Crippen LogP contribution >= 0.6 is 11.8 Å². The summed E-state index contributed by atoms with van der Waals surface area (Å²) in [6.45, 7) is 2.74. The van der Waals surface area contributed by atoms with Gasteiger partial charge in [-0.3, -0.25) is 9.59 Å². The molecule has 1 amide bonds. The van der Waals surface area contributed by atoms with Gasteiger partial charge in [-0.15, -0.1) is 11.8 Å². The van der Waals surface area contributed by atoms with Crippen LogP contribution in [0.15, 0.2) is 53.4 Å². The van der Waals surface area contributed by atoms with E-state index in [2.05, 4.69) is 5.32 Å². The van der Waals surface area contributed by atoms with Crippen LogP contribution in [-0.4, -0.2) is 42.6 Å². The fourth-order valence-electron chi connectivity index (χ4n) is 2.25. The van der Waals surface area contributed by atoms with E-state index in [9.17, 15) is 9.59 Å². The molecule has 0 fully saturated rings. The fourth-order valence-corrected chi connectivity index (χ4v) is 3.18. The number of aliphatic carboxylic acids is 1. The number of hydrogen-bond donors (Lipinski definition) is 2. The third-order valence-corrected chi connectivity index (χ3v) is 4.80. The highest BCUT2D eigenvalue weighted by Crippen LogP contribution is 2.28. The number of carboxylic acid groups (broad SMARTS) is 1. The van der Waals surface area contributed by atoms with Crippen LogP contribution in [-0.2, 0) is 9.53 Å². The summed E-state index contributed by atoms with van der Waals surface area (Å²) in [5.41, 5.74) is 1.04. The van der Waals surface area contributed by atoms with Crippen molar-refractivity contribution in [3.05, 3.63) is 54.1 Å².